The van der Waals surface area contributed by atoms with Gasteiger partial charge < -0.3 is 4.74 Å². The minimum atomic E-state index is -4.96. The molecule has 1 aliphatic carbocycles. The fourth-order valence-corrected chi connectivity index (χ4v) is 3.60. The molecule has 0 radical (unpaired) electrons. The summed E-state index contributed by atoms with van der Waals surface area (Å²) in [7, 11) is 0. The number of aryl methyl sites for hydroxylation is 2. The van der Waals surface area contributed by atoms with E-state index in [0.29, 0.717) is 29.1 Å². The zero-order valence-corrected chi connectivity index (χ0v) is 16.2. The molecule has 0 amide bonds. The zero-order valence-electron chi connectivity index (χ0n) is 16.2. The molecule has 2 aromatic carbocycles. The lowest BCUT2D eigenvalue weighted by Gasteiger charge is -2.17. The molecular formula is C22H18F3N3O2. The molecule has 8 heteroatoms. The summed E-state index contributed by atoms with van der Waals surface area (Å²) < 4.78 is 44.1. The molecule has 3 aromatic rings. The molecule has 0 aliphatic heterocycles. The van der Waals surface area contributed by atoms with Gasteiger partial charge in [-0.15, -0.1) is 13.2 Å². The summed E-state index contributed by atoms with van der Waals surface area (Å²) in [4.78, 5) is 17.2. The van der Waals surface area contributed by atoms with Crippen LogP contribution in [-0.2, 0) is 6.42 Å². The molecule has 1 saturated carbocycles. The normalized spacial score (nSPS) is 14.0. The van der Waals surface area contributed by atoms with Crippen LogP contribution in [0.25, 0.3) is 16.6 Å². The van der Waals surface area contributed by atoms with Crippen LogP contribution < -0.4 is 10.4 Å². The van der Waals surface area contributed by atoms with Gasteiger partial charge in [0.2, 0.25) is 0 Å². The lowest BCUT2D eigenvalue weighted by Crippen LogP contribution is -2.25. The van der Waals surface area contributed by atoms with Crippen molar-refractivity contribution < 1.29 is 17.9 Å². The topological polar surface area (TPSA) is 67.9 Å². The Morgan fingerprint density at radius 3 is 2.63 bits per heavy atom. The Bertz CT molecular complexity index is 1220. The van der Waals surface area contributed by atoms with Gasteiger partial charge in [0.1, 0.15) is 11.8 Å². The zero-order chi connectivity index (χ0) is 21.5. The highest BCUT2D eigenvalue weighted by molar-refractivity contribution is 5.86. The minimum absolute atomic E-state index is 0.230. The second kappa shape index (κ2) is 7.48. The molecule has 0 saturated heterocycles. The van der Waals surface area contributed by atoms with Gasteiger partial charge >= 0.3 is 12.1 Å². The third kappa shape index (κ3) is 4.01. The van der Waals surface area contributed by atoms with Crippen LogP contribution in [0.2, 0.25) is 0 Å². The third-order valence-electron chi connectivity index (χ3n) is 5.26. The van der Waals surface area contributed by atoms with E-state index in [1.807, 2.05) is 0 Å². The van der Waals surface area contributed by atoms with E-state index in [4.69, 9.17) is 0 Å². The van der Waals surface area contributed by atoms with Crippen molar-refractivity contribution in [2.45, 2.75) is 39.0 Å². The van der Waals surface area contributed by atoms with Crippen molar-refractivity contribution in [1.82, 2.24) is 9.55 Å². The first-order chi connectivity index (χ1) is 14.3. The van der Waals surface area contributed by atoms with Gasteiger partial charge in [-0.25, -0.2) is 4.79 Å². The smallest absolute Gasteiger partial charge is 0.404 e. The Morgan fingerprint density at radius 2 is 2.00 bits per heavy atom. The second-order valence-electron chi connectivity index (χ2n) is 7.47. The summed E-state index contributed by atoms with van der Waals surface area (Å²) in [5, 5.41) is 9.87. The maximum atomic E-state index is 12.9. The lowest BCUT2D eigenvalue weighted by atomic mass is 10.0. The Kier molecular flexibility index (Phi) is 4.98. The van der Waals surface area contributed by atoms with Crippen LogP contribution in [0.4, 0.5) is 13.2 Å². The summed E-state index contributed by atoms with van der Waals surface area (Å²) in [5.41, 5.74) is 1.15. The number of ether oxygens (including phenoxy) is 1. The summed E-state index contributed by atoms with van der Waals surface area (Å²) in [6.45, 7) is 1.80. The fraction of sp³-hybridized carbons (Fsp3) is 0.318. The second-order valence-corrected chi connectivity index (χ2v) is 7.47. The molecule has 30 heavy (non-hydrogen) atoms. The summed E-state index contributed by atoms with van der Waals surface area (Å²) in [6, 6.07) is 11.2. The average molecular weight is 413 g/mol. The highest BCUT2D eigenvalue weighted by Crippen LogP contribution is 2.35. The number of hydrogen-bond donors (Lipinski definition) is 0. The van der Waals surface area contributed by atoms with Gasteiger partial charge in [-0.3, -0.25) is 4.57 Å². The van der Waals surface area contributed by atoms with E-state index in [-0.39, 0.29) is 11.1 Å². The Hall–Kier alpha value is -3.34. The number of benzene rings is 2. The minimum Gasteiger partial charge on any atom is -0.404 e. The molecule has 0 unspecified atom stereocenters. The molecule has 0 atom stereocenters. The number of para-hydroxylation sites is 1. The molecule has 154 valence electrons. The van der Waals surface area contributed by atoms with Gasteiger partial charge in [0.25, 0.3) is 0 Å². The van der Waals surface area contributed by atoms with Crippen LogP contribution in [-0.4, -0.2) is 15.9 Å². The Balaban J connectivity index is 2.00. The highest BCUT2D eigenvalue weighted by atomic mass is 19.4. The van der Waals surface area contributed by atoms with E-state index >= 15 is 0 Å². The van der Waals surface area contributed by atoms with Crippen LogP contribution in [0.15, 0.2) is 41.2 Å². The predicted molar refractivity (Wildman–Crippen MR) is 105 cm³/mol. The van der Waals surface area contributed by atoms with Crippen molar-refractivity contribution >= 4 is 10.9 Å². The first kappa shape index (κ1) is 20.0. The van der Waals surface area contributed by atoms with Crippen LogP contribution in [0.1, 0.15) is 36.1 Å². The summed E-state index contributed by atoms with van der Waals surface area (Å²) >= 11 is 0. The van der Waals surface area contributed by atoms with Crippen molar-refractivity contribution in [1.29, 1.82) is 5.26 Å². The molecule has 5 nitrogen and oxygen atoms in total. The molecular weight excluding hydrogens is 395 g/mol. The Labute approximate surface area is 170 Å². The van der Waals surface area contributed by atoms with Crippen molar-refractivity contribution in [2.75, 3.05) is 0 Å². The number of nitrogens with zero attached hydrogens (tertiary/aromatic N) is 3. The fourth-order valence-electron chi connectivity index (χ4n) is 3.60. The van der Waals surface area contributed by atoms with Gasteiger partial charge in [-0.1, -0.05) is 31.0 Å². The first-order valence-corrected chi connectivity index (χ1v) is 9.58. The predicted octanol–water partition coefficient (Wildman–Crippen LogP) is 4.81. The van der Waals surface area contributed by atoms with Gasteiger partial charge in [0.05, 0.1) is 22.5 Å². The van der Waals surface area contributed by atoms with Gasteiger partial charge in [0.15, 0.2) is 0 Å². The highest BCUT2D eigenvalue weighted by Gasteiger charge is 2.33. The number of halogens is 3. The molecule has 0 bridgehead atoms. The largest absolute Gasteiger partial charge is 0.573 e. The maximum absolute atomic E-state index is 12.9. The van der Waals surface area contributed by atoms with Crippen LogP contribution in [0.5, 0.6) is 5.75 Å². The monoisotopic (exact) mass is 413 g/mol. The van der Waals surface area contributed by atoms with Crippen molar-refractivity contribution in [3.05, 3.63) is 63.7 Å². The first-order valence-electron chi connectivity index (χ1n) is 9.58. The number of fused-ring (bicyclic) bond motifs is 1. The number of nitriles is 1. The molecule has 0 spiro atoms. The van der Waals surface area contributed by atoms with Crippen molar-refractivity contribution in [3.63, 3.8) is 0 Å². The van der Waals surface area contributed by atoms with Gasteiger partial charge in [0, 0.05) is 11.5 Å². The maximum Gasteiger partial charge on any atom is 0.573 e. The molecule has 4 rings (SSSR count). The number of alkyl halides is 3. The molecule has 1 fully saturated rings. The summed E-state index contributed by atoms with van der Waals surface area (Å²) in [6.07, 6.45) is -1.33. The third-order valence-corrected chi connectivity index (χ3v) is 5.26. The number of hydrogen-bond acceptors (Lipinski definition) is 4. The summed E-state index contributed by atoms with van der Waals surface area (Å²) in [5.74, 6) is -0.0532. The van der Waals surface area contributed by atoms with E-state index < -0.39 is 17.8 Å². The van der Waals surface area contributed by atoms with Crippen LogP contribution in [0, 0.1) is 24.2 Å². The van der Waals surface area contributed by atoms with E-state index in [9.17, 15) is 23.2 Å². The number of aromatic nitrogens is 2. The standard InChI is InChI=1S/C22H18F3N3O2/c1-13-4-2-3-5-18(13)28-19-11-20(30-22(23,24)25)15(12-26)10-16(19)17(27-21(28)29)9-8-14-6-7-14/h2-5,10-11,14H,6-9H2,1H3. The van der Waals surface area contributed by atoms with Gasteiger partial charge in [-0.2, -0.15) is 10.2 Å². The van der Waals surface area contributed by atoms with E-state index in [1.54, 1.807) is 37.3 Å². The van der Waals surface area contributed by atoms with Gasteiger partial charge in [-0.05, 0) is 43.4 Å². The van der Waals surface area contributed by atoms with E-state index in [2.05, 4.69) is 9.72 Å². The van der Waals surface area contributed by atoms with Crippen molar-refractivity contribution in [3.8, 4) is 17.5 Å². The Morgan fingerprint density at radius 1 is 1.27 bits per heavy atom. The SMILES string of the molecule is Cc1ccccc1-n1c(=O)nc(CCC2CC2)c2cc(C#N)c(OC(F)(F)F)cc21. The molecule has 1 aliphatic rings. The molecule has 0 N–H and O–H groups in total. The lowest BCUT2D eigenvalue weighted by molar-refractivity contribution is -0.274. The van der Waals surface area contributed by atoms with Crippen LogP contribution >= 0.6 is 0 Å². The average Bonchev–Trinajstić information content (AvgIpc) is 3.50. The van der Waals surface area contributed by atoms with Crippen LogP contribution in [0.3, 0.4) is 0 Å². The number of rotatable bonds is 5. The van der Waals surface area contributed by atoms with Crippen molar-refractivity contribution in [2.24, 2.45) is 5.92 Å². The quantitative estimate of drug-likeness (QED) is 0.602. The van der Waals surface area contributed by atoms with E-state index in [1.165, 1.54) is 10.6 Å². The molecule has 1 heterocycles. The van der Waals surface area contributed by atoms with E-state index in [0.717, 1.165) is 30.9 Å². The molecule has 1 aromatic heterocycles.